The standard InChI is InChI=1S/C31H42ClN9O2/c1-2-24-21-40(17-18-41(24)25-10-15-38(16-11-25)20-23-8-6-22(19-33)7-9-23)30-28(32)36-27(29(34)37-30)31(43)35-12-4-14-39-13-3-5-26(39)42/h6-9,24-25H,2-5,10-18,20-21H2,1H3,(H2,34,37)(H,35,43)/t24-/m0/s1. The molecule has 1 aromatic heterocycles. The minimum atomic E-state index is -0.409. The van der Waals surface area contributed by atoms with Crippen molar-refractivity contribution in [2.24, 2.45) is 0 Å². The molecule has 12 heteroatoms. The van der Waals surface area contributed by atoms with Gasteiger partial charge in [-0.2, -0.15) is 5.26 Å². The van der Waals surface area contributed by atoms with E-state index in [0.717, 1.165) is 71.5 Å². The van der Waals surface area contributed by atoms with E-state index in [1.165, 1.54) is 5.56 Å². The summed E-state index contributed by atoms with van der Waals surface area (Å²) in [7, 11) is 0. The van der Waals surface area contributed by atoms with E-state index >= 15 is 0 Å². The van der Waals surface area contributed by atoms with E-state index in [-0.39, 0.29) is 22.6 Å². The van der Waals surface area contributed by atoms with Crippen LogP contribution in [0.25, 0.3) is 0 Å². The average molecular weight is 608 g/mol. The summed E-state index contributed by atoms with van der Waals surface area (Å²) in [5, 5.41) is 12.1. The number of carbonyl (C=O) groups is 2. The number of nitrogens with one attached hydrogen (secondary N) is 1. The van der Waals surface area contributed by atoms with Crippen molar-refractivity contribution in [1.29, 1.82) is 5.26 Å². The van der Waals surface area contributed by atoms with Crippen LogP contribution in [-0.4, -0.2) is 101 Å². The zero-order valence-electron chi connectivity index (χ0n) is 25.0. The van der Waals surface area contributed by atoms with E-state index in [1.807, 2.05) is 17.0 Å². The van der Waals surface area contributed by atoms with E-state index in [9.17, 15) is 9.59 Å². The zero-order valence-corrected chi connectivity index (χ0v) is 25.7. The Morgan fingerprint density at radius 3 is 2.58 bits per heavy atom. The Bertz CT molecular complexity index is 1320. The highest BCUT2D eigenvalue weighted by molar-refractivity contribution is 6.32. The third-order valence-corrected chi connectivity index (χ3v) is 9.21. The number of anilines is 2. The van der Waals surface area contributed by atoms with Crippen molar-refractivity contribution in [3.8, 4) is 6.07 Å². The molecule has 0 aliphatic carbocycles. The van der Waals surface area contributed by atoms with Crippen LogP contribution in [0.1, 0.15) is 67.1 Å². The van der Waals surface area contributed by atoms with Crippen molar-refractivity contribution in [2.75, 3.05) is 63.0 Å². The number of carbonyl (C=O) groups excluding carboxylic acids is 2. The Morgan fingerprint density at radius 2 is 1.91 bits per heavy atom. The normalized spacial score (nSPS) is 20.4. The highest BCUT2D eigenvalue weighted by atomic mass is 35.5. The molecule has 5 rings (SSSR count). The topological polar surface area (TPSA) is 135 Å². The zero-order chi connectivity index (χ0) is 30.3. The molecule has 0 bridgehead atoms. The summed E-state index contributed by atoms with van der Waals surface area (Å²) < 4.78 is 0. The summed E-state index contributed by atoms with van der Waals surface area (Å²) in [5.74, 6) is 0.361. The molecule has 2 amide bonds. The van der Waals surface area contributed by atoms with Gasteiger partial charge < -0.3 is 20.9 Å². The second kappa shape index (κ2) is 14.3. The van der Waals surface area contributed by atoms with Crippen molar-refractivity contribution < 1.29 is 9.59 Å². The minimum Gasteiger partial charge on any atom is -0.382 e. The summed E-state index contributed by atoms with van der Waals surface area (Å²) >= 11 is 6.59. The van der Waals surface area contributed by atoms with E-state index < -0.39 is 5.91 Å². The number of nitrogens with two attached hydrogens (primary N) is 1. The van der Waals surface area contributed by atoms with Gasteiger partial charge in [0.2, 0.25) is 5.91 Å². The Morgan fingerprint density at radius 1 is 1.14 bits per heavy atom. The number of amides is 2. The molecule has 2 aromatic rings. The molecule has 0 radical (unpaired) electrons. The number of halogens is 1. The lowest BCUT2D eigenvalue weighted by Gasteiger charge is -2.47. The first-order valence-electron chi connectivity index (χ1n) is 15.5. The van der Waals surface area contributed by atoms with Crippen molar-refractivity contribution in [3.05, 3.63) is 46.2 Å². The van der Waals surface area contributed by atoms with Crippen molar-refractivity contribution >= 4 is 35.1 Å². The number of aromatic nitrogens is 2. The minimum absolute atomic E-state index is 0.0319. The predicted octanol–water partition coefficient (Wildman–Crippen LogP) is 2.89. The van der Waals surface area contributed by atoms with Crippen LogP contribution in [-0.2, 0) is 11.3 Å². The van der Waals surface area contributed by atoms with Crippen molar-refractivity contribution in [1.82, 2.24) is 30.0 Å². The summed E-state index contributed by atoms with van der Waals surface area (Å²) in [6.45, 7) is 9.50. The van der Waals surface area contributed by atoms with E-state index in [1.54, 1.807) is 0 Å². The van der Waals surface area contributed by atoms with Crippen molar-refractivity contribution in [3.63, 3.8) is 0 Å². The predicted molar refractivity (Wildman–Crippen MR) is 167 cm³/mol. The Hall–Kier alpha value is -3.46. The number of likely N-dealkylation sites (tertiary alicyclic amines) is 2. The lowest BCUT2D eigenvalue weighted by Crippen LogP contribution is -2.58. The first kappa shape index (κ1) is 31.0. The fourth-order valence-electron chi connectivity index (χ4n) is 6.54. The second-order valence-corrected chi connectivity index (χ2v) is 12.1. The van der Waals surface area contributed by atoms with E-state index in [2.05, 4.69) is 55.1 Å². The van der Waals surface area contributed by atoms with Crippen LogP contribution >= 0.6 is 11.6 Å². The van der Waals surface area contributed by atoms with Crippen LogP contribution in [0.5, 0.6) is 0 Å². The Labute approximate surface area is 259 Å². The summed E-state index contributed by atoms with van der Waals surface area (Å²) in [6, 6.07) is 11.0. The molecule has 3 aliphatic heterocycles. The van der Waals surface area contributed by atoms with Gasteiger partial charge in [-0.05, 0) is 62.9 Å². The highest BCUT2D eigenvalue weighted by Gasteiger charge is 2.34. The number of hydrogen-bond acceptors (Lipinski definition) is 9. The van der Waals surface area contributed by atoms with Crippen LogP contribution in [0.3, 0.4) is 0 Å². The van der Waals surface area contributed by atoms with Gasteiger partial charge in [0.25, 0.3) is 5.91 Å². The lowest BCUT2D eigenvalue weighted by atomic mass is 9.97. The molecule has 3 fully saturated rings. The van der Waals surface area contributed by atoms with Crippen LogP contribution in [0.15, 0.2) is 24.3 Å². The average Bonchev–Trinajstić information content (AvgIpc) is 3.44. The van der Waals surface area contributed by atoms with E-state index in [0.29, 0.717) is 49.4 Å². The molecule has 0 unspecified atom stereocenters. The summed E-state index contributed by atoms with van der Waals surface area (Å²) in [5.41, 5.74) is 8.18. The molecule has 1 atom stereocenters. The molecule has 0 saturated carbocycles. The van der Waals surface area contributed by atoms with Gasteiger partial charge in [0.15, 0.2) is 22.5 Å². The maximum Gasteiger partial charge on any atom is 0.273 e. The second-order valence-electron chi connectivity index (χ2n) is 11.7. The van der Waals surface area contributed by atoms with Gasteiger partial charge in [0.1, 0.15) is 0 Å². The highest BCUT2D eigenvalue weighted by Crippen LogP contribution is 2.30. The number of rotatable bonds is 10. The largest absolute Gasteiger partial charge is 0.382 e. The Kier molecular flexibility index (Phi) is 10.3. The fraction of sp³-hybridized carbons (Fsp3) is 0.581. The molecule has 3 N–H and O–H groups in total. The molecule has 3 aliphatic rings. The molecule has 0 spiro atoms. The molecule has 43 heavy (non-hydrogen) atoms. The first-order valence-corrected chi connectivity index (χ1v) is 15.8. The number of hydrogen-bond donors (Lipinski definition) is 2. The van der Waals surface area contributed by atoms with Crippen LogP contribution < -0.4 is 16.0 Å². The van der Waals surface area contributed by atoms with Gasteiger partial charge in [-0.15, -0.1) is 0 Å². The lowest BCUT2D eigenvalue weighted by molar-refractivity contribution is -0.127. The van der Waals surface area contributed by atoms with Gasteiger partial charge in [-0.1, -0.05) is 30.7 Å². The van der Waals surface area contributed by atoms with Crippen LogP contribution in [0, 0.1) is 11.3 Å². The molecule has 3 saturated heterocycles. The van der Waals surface area contributed by atoms with Crippen LogP contribution in [0.2, 0.25) is 5.15 Å². The number of nitrogen functional groups attached to an aromatic ring is 1. The van der Waals surface area contributed by atoms with Crippen LogP contribution in [0.4, 0.5) is 11.6 Å². The molecular weight excluding hydrogens is 566 g/mol. The van der Waals surface area contributed by atoms with Gasteiger partial charge >= 0.3 is 0 Å². The number of piperazine rings is 1. The monoisotopic (exact) mass is 607 g/mol. The quantitative estimate of drug-likeness (QED) is 0.391. The molecule has 1 aromatic carbocycles. The first-order chi connectivity index (χ1) is 20.9. The summed E-state index contributed by atoms with van der Waals surface area (Å²) in [6.07, 6.45) is 5.43. The molecule has 230 valence electrons. The Balaban J connectivity index is 1.12. The SMILES string of the molecule is CC[C@H]1CN(c2nc(N)c(C(=O)NCCCN3CCCC3=O)nc2Cl)CCN1C1CCN(Cc2ccc(C#N)cc2)CC1. The van der Waals surface area contributed by atoms with Crippen molar-refractivity contribution in [2.45, 2.75) is 64.1 Å². The van der Waals surface area contributed by atoms with Gasteiger partial charge in [-0.25, -0.2) is 9.97 Å². The third-order valence-electron chi connectivity index (χ3n) is 8.95. The van der Waals surface area contributed by atoms with Gasteiger partial charge in [-0.3, -0.25) is 19.4 Å². The number of nitrogens with zero attached hydrogens (tertiary/aromatic N) is 7. The van der Waals surface area contributed by atoms with Gasteiger partial charge in [0, 0.05) is 64.3 Å². The van der Waals surface area contributed by atoms with Gasteiger partial charge in [0.05, 0.1) is 11.6 Å². The number of nitriles is 1. The number of piperidine rings is 1. The third kappa shape index (κ3) is 7.55. The van der Waals surface area contributed by atoms with E-state index in [4.69, 9.17) is 22.6 Å². The number of benzene rings is 1. The molecule has 4 heterocycles. The fourth-order valence-corrected chi connectivity index (χ4v) is 6.79. The smallest absolute Gasteiger partial charge is 0.273 e. The molecule has 11 nitrogen and oxygen atoms in total. The molecular formula is C31H42ClN9O2. The maximum absolute atomic E-state index is 12.8. The summed E-state index contributed by atoms with van der Waals surface area (Å²) in [4.78, 5) is 42.5. The maximum atomic E-state index is 12.8.